The maximum absolute atomic E-state index is 2.46. The summed E-state index contributed by atoms with van der Waals surface area (Å²) in [5, 5.41) is 1.15. The lowest BCUT2D eigenvalue weighted by atomic mass is 10.9. The fourth-order valence-electron chi connectivity index (χ4n) is 0.770. The van der Waals surface area contributed by atoms with Gasteiger partial charge in [0.25, 0.3) is 0 Å². The van der Waals surface area contributed by atoms with Crippen LogP contribution in [0.5, 0.6) is 0 Å². The SMILES string of the molecule is CC([SiH](C)C)[SiH](C)C. The van der Waals surface area contributed by atoms with Gasteiger partial charge in [0.1, 0.15) is 0 Å². The van der Waals surface area contributed by atoms with Crippen molar-refractivity contribution in [3.63, 3.8) is 0 Å². The molecule has 0 saturated carbocycles. The summed E-state index contributed by atoms with van der Waals surface area (Å²) in [7, 11) is -0.522. The highest BCUT2D eigenvalue weighted by molar-refractivity contribution is 6.77. The number of hydrogen-bond acceptors (Lipinski definition) is 0. The summed E-state index contributed by atoms with van der Waals surface area (Å²) in [6.07, 6.45) is 0. The van der Waals surface area contributed by atoms with Crippen molar-refractivity contribution < 1.29 is 0 Å². The molecule has 0 atom stereocenters. The van der Waals surface area contributed by atoms with Gasteiger partial charge in [0, 0.05) is 17.6 Å². The Bertz CT molecular complexity index is 51.5. The molecule has 0 bridgehead atoms. The average molecular weight is 146 g/mol. The van der Waals surface area contributed by atoms with Crippen LogP contribution >= 0.6 is 0 Å². The van der Waals surface area contributed by atoms with Crippen LogP contribution in [0.1, 0.15) is 6.92 Å². The quantitative estimate of drug-likeness (QED) is 0.522. The fourth-order valence-corrected chi connectivity index (χ4v) is 6.93. The van der Waals surface area contributed by atoms with Gasteiger partial charge in [0.05, 0.1) is 0 Å². The lowest BCUT2D eigenvalue weighted by Crippen LogP contribution is -2.21. The maximum atomic E-state index is 2.46. The third-order valence-corrected chi connectivity index (χ3v) is 10.9. The molecule has 0 saturated heterocycles. The fraction of sp³-hybridized carbons (Fsp3) is 1.00. The zero-order valence-corrected chi connectivity index (χ0v) is 9.04. The molecule has 0 heterocycles. The average Bonchev–Trinajstić information content (AvgIpc) is 1.64. The van der Waals surface area contributed by atoms with Gasteiger partial charge >= 0.3 is 0 Å². The molecule has 0 aromatic carbocycles. The van der Waals surface area contributed by atoms with Crippen LogP contribution in [0.15, 0.2) is 0 Å². The molecule has 2 heteroatoms. The Morgan fingerprint density at radius 2 is 1.12 bits per heavy atom. The summed E-state index contributed by atoms with van der Waals surface area (Å²) in [5.74, 6) is 0. The van der Waals surface area contributed by atoms with Gasteiger partial charge in [0.15, 0.2) is 0 Å². The van der Waals surface area contributed by atoms with E-state index in [1.807, 2.05) is 0 Å². The van der Waals surface area contributed by atoms with Crippen LogP contribution in [-0.4, -0.2) is 17.6 Å². The molecule has 0 aliphatic carbocycles. The maximum Gasteiger partial charge on any atom is 0.0304 e. The Kier molecular flexibility index (Phi) is 3.65. The van der Waals surface area contributed by atoms with E-state index in [0.29, 0.717) is 0 Å². The molecule has 0 spiro atoms. The first kappa shape index (κ1) is 8.43. The number of hydrogen-bond donors (Lipinski definition) is 0. The molecule has 0 aromatic rings. The minimum Gasteiger partial charge on any atom is -0.0722 e. The van der Waals surface area contributed by atoms with Crippen LogP contribution in [0.3, 0.4) is 0 Å². The summed E-state index contributed by atoms with van der Waals surface area (Å²) < 4.78 is 0. The van der Waals surface area contributed by atoms with E-state index in [1.54, 1.807) is 0 Å². The Morgan fingerprint density at radius 3 is 1.12 bits per heavy atom. The zero-order valence-electron chi connectivity index (χ0n) is 6.73. The van der Waals surface area contributed by atoms with Crippen molar-refractivity contribution in [3.8, 4) is 0 Å². The minimum atomic E-state index is -0.261. The second-order valence-corrected chi connectivity index (χ2v) is 11.2. The van der Waals surface area contributed by atoms with Crippen molar-refractivity contribution in [3.05, 3.63) is 0 Å². The van der Waals surface area contributed by atoms with E-state index in [2.05, 4.69) is 33.1 Å². The zero-order chi connectivity index (χ0) is 6.73. The summed E-state index contributed by atoms with van der Waals surface area (Å²) in [6, 6.07) is 0. The lowest BCUT2D eigenvalue weighted by molar-refractivity contribution is 1.25. The molecule has 0 aliphatic rings. The Morgan fingerprint density at radius 1 is 0.875 bits per heavy atom. The van der Waals surface area contributed by atoms with Crippen molar-refractivity contribution in [1.29, 1.82) is 0 Å². The van der Waals surface area contributed by atoms with Crippen molar-refractivity contribution in [1.82, 2.24) is 0 Å². The molecular formula is C6H18Si2. The van der Waals surface area contributed by atoms with Crippen LogP contribution in [0, 0.1) is 0 Å². The van der Waals surface area contributed by atoms with Gasteiger partial charge in [-0.15, -0.1) is 0 Å². The van der Waals surface area contributed by atoms with Gasteiger partial charge in [-0.05, 0) is 0 Å². The van der Waals surface area contributed by atoms with E-state index < -0.39 is 0 Å². The minimum absolute atomic E-state index is 0.261. The molecule has 50 valence electrons. The van der Waals surface area contributed by atoms with Crippen LogP contribution in [0.4, 0.5) is 0 Å². The third kappa shape index (κ3) is 2.67. The van der Waals surface area contributed by atoms with Crippen molar-refractivity contribution >= 4 is 17.6 Å². The summed E-state index contributed by atoms with van der Waals surface area (Å²) in [5.41, 5.74) is 0. The van der Waals surface area contributed by atoms with Gasteiger partial charge in [-0.3, -0.25) is 0 Å². The molecule has 0 nitrogen and oxygen atoms in total. The van der Waals surface area contributed by atoms with Crippen LogP contribution in [0.2, 0.25) is 31.4 Å². The molecule has 0 aliphatic heterocycles. The summed E-state index contributed by atoms with van der Waals surface area (Å²) in [6.45, 7) is 12.3. The van der Waals surface area contributed by atoms with Crippen LogP contribution in [-0.2, 0) is 0 Å². The third-order valence-electron chi connectivity index (χ3n) is 2.10. The van der Waals surface area contributed by atoms with E-state index in [4.69, 9.17) is 0 Å². The Labute approximate surface area is 56.5 Å². The van der Waals surface area contributed by atoms with Gasteiger partial charge in [-0.25, -0.2) is 0 Å². The van der Waals surface area contributed by atoms with Gasteiger partial charge in [-0.1, -0.05) is 38.3 Å². The molecule has 0 fully saturated rings. The first-order valence-corrected chi connectivity index (χ1v) is 9.51. The molecule has 0 N–H and O–H groups in total. The number of rotatable bonds is 2. The molecule has 8 heavy (non-hydrogen) atoms. The summed E-state index contributed by atoms with van der Waals surface area (Å²) >= 11 is 0. The van der Waals surface area contributed by atoms with E-state index in [0.717, 1.165) is 5.16 Å². The smallest absolute Gasteiger partial charge is 0.0304 e. The van der Waals surface area contributed by atoms with Crippen molar-refractivity contribution in [2.45, 2.75) is 38.3 Å². The molecule has 0 amide bonds. The second kappa shape index (κ2) is 3.46. The summed E-state index contributed by atoms with van der Waals surface area (Å²) in [4.78, 5) is 0. The normalized spacial score (nSPS) is 12.0. The van der Waals surface area contributed by atoms with E-state index in [1.165, 1.54) is 0 Å². The molecule has 0 radical (unpaired) electrons. The monoisotopic (exact) mass is 146 g/mol. The first-order valence-electron chi connectivity index (χ1n) is 3.55. The van der Waals surface area contributed by atoms with Crippen LogP contribution < -0.4 is 0 Å². The molecule has 0 unspecified atom stereocenters. The lowest BCUT2D eigenvalue weighted by Gasteiger charge is -2.16. The van der Waals surface area contributed by atoms with Crippen LogP contribution in [0.25, 0.3) is 0 Å². The van der Waals surface area contributed by atoms with Gasteiger partial charge in [-0.2, -0.15) is 0 Å². The molecule has 0 rings (SSSR count). The molecular weight excluding hydrogens is 128 g/mol. The highest BCUT2D eigenvalue weighted by atomic mass is 28.3. The topological polar surface area (TPSA) is 0 Å². The van der Waals surface area contributed by atoms with E-state index >= 15 is 0 Å². The Balaban J connectivity index is 3.46. The largest absolute Gasteiger partial charge is 0.0722 e. The highest BCUT2D eigenvalue weighted by Crippen LogP contribution is 2.12. The first-order chi connectivity index (χ1) is 3.55. The van der Waals surface area contributed by atoms with E-state index in [-0.39, 0.29) is 17.6 Å². The molecule has 0 aromatic heterocycles. The van der Waals surface area contributed by atoms with Crippen molar-refractivity contribution in [2.75, 3.05) is 0 Å². The second-order valence-electron chi connectivity index (χ2n) is 3.35. The van der Waals surface area contributed by atoms with E-state index in [9.17, 15) is 0 Å². The Hall–Kier alpha value is 0.434. The predicted octanol–water partition coefficient (Wildman–Crippen LogP) is 1.89. The van der Waals surface area contributed by atoms with Crippen molar-refractivity contribution in [2.24, 2.45) is 0 Å². The van der Waals surface area contributed by atoms with Gasteiger partial charge < -0.3 is 0 Å². The highest BCUT2D eigenvalue weighted by Gasteiger charge is 2.12. The standard InChI is InChI=1S/C6H18Si2/c1-6(7(2)3)8(4)5/h6-8H,1-5H3. The predicted molar refractivity (Wildman–Crippen MR) is 47.2 cm³/mol. The van der Waals surface area contributed by atoms with Gasteiger partial charge in [0.2, 0.25) is 0 Å².